The molecule has 1 unspecified atom stereocenters. The minimum absolute atomic E-state index is 0.0903. The van der Waals surface area contributed by atoms with E-state index in [0.29, 0.717) is 19.5 Å². The number of hydrogen-bond donors (Lipinski definition) is 1. The topological polar surface area (TPSA) is 63.4 Å². The summed E-state index contributed by atoms with van der Waals surface area (Å²) in [6.07, 6.45) is 0.671. The van der Waals surface area contributed by atoms with E-state index in [1.807, 2.05) is 27.7 Å². The van der Waals surface area contributed by atoms with E-state index in [-0.39, 0.29) is 17.2 Å². The van der Waals surface area contributed by atoms with Crippen molar-refractivity contribution in [3.63, 3.8) is 0 Å². The highest BCUT2D eigenvalue weighted by Crippen LogP contribution is 2.32. The number of rotatable bonds is 1. The van der Waals surface area contributed by atoms with E-state index in [9.17, 15) is 9.59 Å². The maximum atomic E-state index is 12.0. The molecule has 0 aliphatic carbocycles. The van der Waals surface area contributed by atoms with Crippen LogP contribution in [0.3, 0.4) is 0 Å². The van der Waals surface area contributed by atoms with Crippen LogP contribution in [0.15, 0.2) is 0 Å². The van der Waals surface area contributed by atoms with Crippen molar-refractivity contribution in [2.75, 3.05) is 13.1 Å². The molecule has 15 heavy (non-hydrogen) atoms. The van der Waals surface area contributed by atoms with Crippen LogP contribution in [0, 0.1) is 10.8 Å². The summed E-state index contributed by atoms with van der Waals surface area (Å²) < 4.78 is 0. The normalized spacial score (nSPS) is 26.8. The predicted octanol–water partition coefficient (Wildman–Crippen LogP) is 0.756. The van der Waals surface area contributed by atoms with Crippen LogP contribution >= 0.6 is 0 Å². The molecular formula is C11H20N2O2. The van der Waals surface area contributed by atoms with Crippen molar-refractivity contribution in [2.24, 2.45) is 16.6 Å². The molecule has 1 fully saturated rings. The lowest BCUT2D eigenvalue weighted by atomic mass is 9.89. The van der Waals surface area contributed by atoms with Gasteiger partial charge in [-0.15, -0.1) is 0 Å². The molecule has 0 spiro atoms. The number of nitrogens with zero attached hydrogens (tertiary/aromatic N) is 1. The van der Waals surface area contributed by atoms with Crippen molar-refractivity contribution in [3.8, 4) is 0 Å². The van der Waals surface area contributed by atoms with Gasteiger partial charge in [-0.3, -0.25) is 9.59 Å². The average Bonchev–Trinajstić information content (AvgIpc) is 2.46. The Hall–Kier alpha value is -1.06. The predicted molar refractivity (Wildman–Crippen MR) is 58.0 cm³/mol. The van der Waals surface area contributed by atoms with Crippen LogP contribution in [0.4, 0.5) is 0 Å². The van der Waals surface area contributed by atoms with E-state index < -0.39 is 5.41 Å². The highest BCUT2D eigenvalue weighted by Gasteiger charge is 2.42. The molecule has 1 rings (SSSR count). The first kappa shape index (κ1) is 12.0. The van der Waals surface area contributed by atoms with Crippen LogP contribution in [0.1, 0.15) is 34.1 Å². The maximum absolute atomic E-state index is 12.0. The van der Waals surface area contributed by atoms with E-state index in [0.717, 1.165) is 0 Å². The Morgan fingerprint density at radius 3 is 2.20 bits per heavy atom. The lowest BCUT2D eigenvalue weighted by Crippen LogP contribution is -2.42. The van der Waals surface area contributed by atoms with Crippen LogP contribution in [0.5, 0.6) is 0 Å². The molecule has 1 atom stereocenters. The van der Waals surface area contributed by atoms with Crippen molar-refractivity contribution in [2.45, 2.75) is 34.1 Å². The molecule has 1 aliphatic rings. The Kier molecular flexibility index (Phi) is 2.81. The molecule has 0 aromatic carbocycles. The fourth-order valence-corrected chi connectivity index (χ4v) is 1.81. The number of carbonyl (C=O) groups is 2. The second-order valence-corrected chi connectivity index (χ2v) is 5.65. The van der Waals surface area contributed by atoms with E-state index in [4.69, 9.17) is 5.73 Å². The summed E-state index contributed by atoms with van der Waals surface area (Å²) in [5.74, 6) is -0.223. The number of carbonyl (C=O) groups excluding carboxylic acids is 2. The third kappa shape index (κ3) is 2.30. The van der Waals surface area contributed by atoms with Gasteiger partial charge in [-0.05, 0) is 13.3 Å². The number of primary amides is 1. The molecule has 0 bridgehead atoms. The van der Waals surface area contributed by atoms with Gasteiger partial charge in [0.05, 0.1) is 5.41 Å². The summed E-state index contributed by atoms with van der Waals surface area (Å²) >= 11 is 0. The molecule has 1 aliphatic heterocycles. The SMILES string of the molecule is CC(C)(C)C(=O)N1CCC(C)(C(N)=O)C1. The smallest absolute Gasteiger partial charge is 0.227 e. The largest absolute Gasteiger partial charge is 0.369 e. The summed E-state index contributed by atoms with van der Waals surface area (Å²) in [5.41, 5.74) is 4.40. The van der Waals surface area contributed by atoms with Gasteiger partial charge in [0, 0.05) is 18.5 Å². The Morgan fingerprint density at radius 2 is 1.87 bits per heavy atom. The summed E-state index contributed by atoms with van der Waals surface area (Å²) in [5, 5.41) is 0. The van der Waals surface area contributed by atoms with Gasteiger partial charge in [-0.1, -0.05) is 20.8 Å². The van der Waals surface area contributed by atoms with Crippen molar-refractivity contribution >= 4 is 11.8 Å². The zero-order chi connectivity index (χ0) is 11.9. The lowest BCUT2D eigenvalue weighted by molar-refractivity contribution is -0.139. The molecule has 0 radical (unpaired) electrons. The number of amides is 2. The van der Waals surface area contributed by atoms with E-state index >= 15 is 0 Å². The highest BCUT2D eigenvalue weighted by atomic mass is 16.2. The Labute approximate surface area is 90.8 Å². The average molecular weight is 212 g/mol. The standard InChI is InChI=1S/C11H20N2O2/c1-10(2,3)9(15)13-6-5-11(4,7-13)8(12)14/h5-7H2,1-4H3,(H2,12,14). The molecular weight excluding hydrogens is 192 g/mol. The van der Waals surface area contributed by atoms with E-state index in [1.165, 1.54) is 0 Å². The lowest BCUT2D eigenvalue weighted by Gasteiger charge is -2.27. The fourth-order valence-electron chi connectivity index (χ4n) is 1.81. The molecule has 4 heteroatoms. The van der Waals surface area contributed by atoms with Crippen LogP contribution < -0.4 is 5.73 Å². The minimum Gasteiger partial charge on any atom is -0.369 e. The summed E-state index contributed by atoms with van der Waals surface area (Å²) in [6, 6.07) is 0. The number of nitrogens with two attached hydrogens (primary N) is 1. The summed E-state index contributed by atoms with van der Waals surface area (Å²) in [4.78, 5) is 24.9. The molecule has 0 aromatic rings. The van der Waals surface area contributed by atoms with Crippen molar-refractivity contribution < 1.29 is 9.59 Å². The molecule has 4 nitrogen and oxygen atoms in total. The van der Waals surface area contributed by atoms with Crippen molar-refractivity contribution in [1.82, 2.24) is 4.90 Å². The quantitative estimate of drug-likeness (QED) is 0.697. The Morgan fingerprint density at radius 1 is 1.33 bits per heavy atom. The number of hydrogen-bond acceptors (Lipinski definition) is 2. The van der Waals surface area contributed by atoms with Gasteiger partial charge in [-0.2, -0.15) is 0 Å². The van der Waals surface area contributed by atoms with Gasteiger partial charge < -0.3 is 10.6 Å². The zero-order valence-electron chi connectivity index (χ0n) is 9.96. The first-order valence-electron chi connectivity index (χ1n) is 5.26. The monoisotopic (exact) mass is 212 g/mol. The summed E-state index contributed by atoms with van der Waals surface area (Å²) in [6.45, 7) is 8.57. The van der Waals surface area contributed by atoms with E-state index in [1.54, 1.807) is 4.90 Å². The summed E-state index contributed by atoms with van der Waals surface area (Å²) in [7, 11) is 0. The van der Waals surface area contributed by atoms with E-state index in [2.05, 4.69) is 0 Å². The van der Waals surface area contributed by atoms with Gasteiger partial charge in [0.2, 0.25) is 11.8 Å². The first-order valence-corrected chi connectivity index (χ1v) is 5.26. The van der Waals surface area contributed by atoms with Crippen LogP contribution in [-0.4, -0.2) is 29.8 Å². The maximum Gasteiger partial charge on any atom is 0.227 e. The third-order valence-electron chi connectivity index (χ3n) is 3.00. The molecule has 2 N–H and O–H groups in total. The van der Waals surface area contributed by atoms with Crippen molar-refractivity contribution in [1.29, 1.82) is 0 Å². The molecule has 2 amide bonds. The zero-order valence-corrected chi connectivity index (χ0v) is 9.96. The fraction of sp³-hybridized carbons (Fsp3) is 0.818. The van der Waals surface area contributed by atoms with Crippen LogP contribution in [-0.2, 0) is 9.59 Å². The molecule has 1 heterocycles. The van der Waals surface area contributed by atoms with Gasteiger partial charge in [-0.25, -0.2) is 0 Å². The van der Waals surface area contributed by atoms with Gasteiger partial charge in [0.1, 0.15) is 0 Å². The third-order valence-corrected chi connectivity index (χ3v) is 3.00. The van der Waals surface area contributed by atoms with Crippen LogP contribution in [0.2, 0.25) is 0 Å². The highest BCUT2D eigenvalue weighted by molar-refractivity contribution is 5.85. The molecule has 86 valence electrons. The second-order valence-electron chi connectivity index (χ2n) is 5.65. The molecule has 0 saturated carbocycles. The molecule has 1 saturated heterocycles. The van der Waals surface area contributed by atoms with Gasteiger partial charge >= 0.3 is 0 Å². The number of likely N-dealkylation sites (tertiary alicyclic amines) is 1. The Bertz CT molecular complexity index is 293. The van der Waals surface area contributed by atoms with Crippen LogP contribution in [0.25, 0.3) is 0 Å². The van der Waals surface area contributed by atoms with Crippen molar-refractivity contribution in [3.05, 3.63) is 0 Å². The minimum atomic E-state index is -0.541. The first-order chi connectivity index (χ1) is 6.67. The van der Waals surface area contributed by atoms with Gasteiger partial charge in [0.15, 0.2) is 0 Å². The Balaban J connectivity index is 2.73. The van der Waals surface area contributed by atoms with Gasteiger partial charge in [0.25, 0.3) is 0 Å². The molecule has 0 aromatic heterocycles. The second kappa shape index (κ2) is 3.51.